The molecule has 0 fully saturated rings. The number of halogens is 2. The Labute approximate surface area is 121 Å². The molecule has 0 unspecified atom stereocenters. The van der Waals surface area contributed by atoms with Gasteiger partial charge in [-0.1, -0.05) is 23.7 Å². The van der Waals surface area contributed by atoms with E-state index < -0.39 is 5.82 Å². The van der Waals surface area contributed by atoms with Crippen LogP contribution in [0.15, 0.2) is 42.5 Å². The zero-order valence-corrected chi connectivity index (χ0v) is 11.7. The van der Waals surface area contributed by atoms with Crippen LogP contribution >= 0.6 is 11.6 Å². The standard InChI is InChI=1S/C15H14ClFN2O/c1-19(9-10-3-2-4-11(16)7-10)15(20)13-6-5-12(17)8-14(13)18/h2-8H,9,18H2,1H3. The summed E-state index contributed by atoms with van der Waals surface area (Å²) < 4.78 is 13.0. The summed E-state index contributed by atoms with van der Waals surface area (Å²) in [5, 5.41) is 0.615. The molecule has 0 heterocycles. The molecule has 0 aliphatic heterocycles. The lowest BCUT2D eigenvalue weighted by Crippen LogP contribution is -2.27. The lowest BCUT2D eigenvalue weighted by atomic mass is 10.1. The van der Waals surface area contributed by atoms with Crippen LogP contribution < -0.4 is 5.73 Å². The van der Waals surface area contributed by atoms with Gasteiger partial charge in [-0.15, -0.1) is 0 Å². The largest absolute Gasteiger partial charge is 0.398 e. The number of rotatable bonds is 3. The van der Waals surface area contributed by atoms with Crippen LogP contribution in [0.3, 0.4) is 0 Å². The number of hydrogen-bond acceptors (Lipinski definition) is 2. The van der Waals surface area contributed by atoms with Gasteiger partial charge in [0.2, 0.25) is 0 Å². The Bertz CT molecular complexity index is 646. The summed E-state index contributed by atoms with van der Waals surface area (Å²) in [4.78, 5) is 13.8. The number of carbonyl (C=O) groups excluding carboxylic acids is 1. The van der Waals surface area contributed by atoms with Gasteiger partial charge in [0, 0.05) is 24.3 Å². The van der Waals surface area contributed by atoms with E-state index in [4.69, 9.17) is 17.3 Å². The molecular weight excluding hydrogens is 279 g/mol. The summed E-state index contributed by atoms with van der Waals surface area (Å²) in [6.45, 7) is 0.399. The molecule has 5 heteroatoms. The summed E-state index contributed by atoms with van der Waals surface area (Å²) in [6.07, 6.45) is 0. The van der Waals surface area contributed by atoms with E-state index in [-0.39, 0.29) is 17.2 Å². The van der Waals surface area contributed by atoms with Gasteiger partial charge in [-0.3, -0.25) is 4.79 Å². The molecule has 0 bridgehead atoms. The van der Waals surface area contributed by atoms with E-state index in [0.29, 0.717) is 11.6 Å². The van der Waals surface area contributed by atoms with Crippen molar-refractivity contribution >= 4 is 23.2 Å². The topological polar surface area (TPSA) is 46.3 Å². The molecule has 0 atom stereocenters. The zero-order chi connectivity index (χ0) is 14.7. The number of amides is 1. The fraction of sp³-hybridized carbons (Fsp3) is 0.133. The highest BCUT2D eigenvalue weighted by atomic mass is 35.5. The summed E-state index contributed by atoms with van der Waals surface area (Å²) in [6, 6.07) is 11.0. The molecule has 2 aromatic rings. The monoisotopic (exact) mass is 292 g/mol. The van der Waals surface area contributed by atoms with Gasteiger partial charge in [0.1, 0.15) is 5.82 Å². The number of anilines is 1. The first-order valence-corrected chi connectivity index (χ1v) is 6.40. The minimum Gasteiger partial charge on any atom is -0.398 e. The third kappa shape index (κ3) is 3.27. The molecule has 20 heavy (non-hydrogen) atoms. The van der Waals surface area contributed by atoms with Crippen LogP contribution in [0.2, 0.25) is 5.02 Å². The maximum absolute atomic E-state index is 13.0. The Morgan fingerprint density at radius 2 is 2.05 bits per heavy atom. The SMILES string of the molecule is CN(Cc1cccc(Cl)c1)C(=O)c1ccc(F)cc1N. The van der Waals surface area contributed by atoms with Gasteiger partial charge in [-0.05, 0) is 35.9 Å². The van der Waals surface area contributed by atoms with Crippen LogP contribution in [-0.4, -0.2) is 17.9 Å². The minimum absolute atomic E-state index is 0.132. The highest BCUT2D eigenvalue weighted by Gasteiger charge is 2.15. The van der Waals surface area contributed by atoms with Crippen LogP contribution in [0.5, 0.6) is 0 Å². The van der Waals surface area contributed by atoms with E-state index >= 15 is 0 Å². The van der Waals surface area contributed by atoms with Crippen molar-refractivity contribution in [3.8, 4) is 0 Å². The molecular formula is C15H14ClFN2O. The van der Waals surface area contributed by atoms with E-state index in [1.54, 1.807) is 19.2 Å². The summed E-state index contributed by atoms with van der Waals surface area (Å²) >= 11 is 5.90. The van der Waals surface area contributed by atoms with Crippen molar-refractivity contribution in [2.45, 2.75) is 6.54 Å². The quantitative estimate of drug-likeness (QED) is 0.882. The van der Waals surface area contributed by atoms with Crippen molar-refractivity contribution in [1.29, 1.82) is 0 Å². The molecule has 0 aromatic heterocycles. The Hall–Kier alpha value is -2.07. The van der Waals surface area contributed by atoms with Crippen molar-refractivity contribution in [2.24, 2.45) is 0 Å². The van der Waals surface area contributed by atoms with Gasteiger partial charge in [-0.2, -0.15) is 0 Å². The van der Waals surface area contributed by atoms with Gasteiger partial charge in [0.25, 0.3) is 5.91 Å². The molecule has 3 nitrogen and oxygen atoms in total. The fourth-order valence-electron chi connectivity index (χ4n) is 1.91. The molecule has 0 radical (unpaired) electrons. The Kier molecular flexibility index (Phi) is 4.25. The zero-order valence-electron chi connectivity index (χ0n) is 10.9. The average Bonchev–Trinajstić information content (AvgIpc) is 2.38. The summed E-state index contributed by atoms with van der Waals surface area (Å²) in [5.74, 6) is -0.723. The molecule has 0 saturated carbocycles. The van der Waals surface area contributed by atoms with E-state index in [9.17, 15) is 9.18 Å². The molecule has 2 aromatic carbocycles. The van der Waals surface area contributed by atoms with Crippen LogP contribution in [0, 0.1) is 5.82 Å². The first-order chi connectivity index (χ1) is 9.47. The van der Waals surface area contributed by atoms with Crippen LogP contribution in [0.1, 0.15) is 15.9 Å². The minimum atomic E-state index is -0.462. The maximum atomic E-state index is 13.0. The number of carbonyl (C=O) groups is 1. The lowest BCUT2D eigenvalue weighted by molar-refractivity contribution is 0.0786. The Morgan fingerprint density at radius 1 is 1.30 bits per heavy atom. The van der Waals surface area contributed by atoms with Gasteiger partial charge < -0.3 is 10.6 Å². The average molecular weight is 293 g/mol. The molecule has 0 spiro atoms. The molecule has 0 aliphatic rings. The second-order valence-electron chi connectivity index (χ2n) is 4.52. The number of nitrogen functional groups attached to an aromatic ring is 1. The first kappa shape index (κ1) is 14.3. The molecule has 104 valence electrons. The van der Waals surface area contributed by atoms with Gasteiger partial charge in [0.15, 0.2) is 0 Å². The number of nitrogens with two attached hydrogens (primary N) is 1. The predicted octanol–water partition coefficient (Wildman–Crippen LogP) is 3.33. The van der Waals surface area contributed by atoms with E-state index in [0.717, 1.165) is 11.6 Å². The van der Waals surface area contributed by atoms with Crippen molar-refractivity contribution in [2.75, 3.05) is 12.8 Å². The number of hydrogen-bond donors (Lipinski definition) is 1. The first-order valence-electron chi connectivity index (χ1n) is 6.02. The van der Waals surface area contributed by atoms with Crippen molar-refractivity contribution in [3.63, 3.8) is 0 Å². The van der Waals surface area contributed by atoms with Gasteiger partial charge in [0.05, 0.1) is 5.56 Å². The molecule has 2 rings (SSSR count). The van der Waals surface area contributed by atoms with E-state index in [1.165, 1.54) is 17.0 Å². The second-order valence-corrected chi connectivity index (χ2v) is 4.96. The van der Waals surface area contributed by atoms with Crippen molar-refractivity contribution < 1.29 is 9.18 Å². The number of benzene rings is 2. The lowest BCUT2D eigenvalue weighted by Gasteiger charge is -2.18. The van der Waals surface area contributed by atoms with E-state index in [1.807, 2.05) is 12.1 Å². The van der Waals surface area contributed by atoms with Gasteiger partial charge in [-0.25, -0.2) is 4.39 Å². The second kappa shape index (κ2) is 5.92. The maximum Gasteiger partial charge on any atom is 0.255 e. The van der Waals surface area contributed by atoms with Crippen LogP contribution in [0.4, 0.5) is 10.1 Å². The number of nitrogens with zero attached hydrogens (tertiary/aromatic N) is 1. The van der Waals surface area contributed by atoms with Gasteiger partial charge >= 0.3 is 0 Å². The fourth-order valence-corrected chi connectivity index (χ4v) is 2.13. The molecule has 0 saturated heterocycles. The molecule has 0 aliphatic carbocycles. The Morgan fingerprint density at radius 3 is 2.70 bits per heavy atom. The molecule has 2 N–H and O–H groups in total. The summed E-state index contributed by atoms with van der Waals surface area (Å²) in [7, 11) is 1.66. The van der Waals surface area contributed by atoms with E-state index in [2.05, 4.69) is 0 Å². The van der Waals surface area contributed by atoms with Crippen molar-refractivity contribution in [3.05, 3.63) is 64.4 Å². The Balaban J connectivity index is 2.16. The van der Waals surface area contributed by atoms with Crippen LogP contribution in [0.25, 0.3) is 0 Å². The predicted molar refractivity (Wildman–Crippen MR) is 78.1 cm³/mol. The van der Waals surface area contributed by atoms with Crippen molar-refractivity contribution in [1.82, 2.24) is 4.90 Å². The molecule has 1 amide bonds. The highest BCUT2D eigenvalue weighted by molar-refractivity contribution is 6.30. The van der Waals surface area contributed by atoms with Crippen LogP contribution in [-0.2, 0) is 6.54 Å². The summed E-state index contributed by atoms with van der Waals surface area (Å²) in [5.41, 5.74) is 7.00. The highest BCUT2D eigenvalue weighted by Crippen LogP contribution is 2.17. The normalized spacial score (nSPS) is 10.3. The smallest absolute Gasteiger partial charge is 0.255 e. The third-order valence-corrected chi connectivity index (χ3v) is 3.13. The third-order valence-electron chi connectivity index (χ3n) is 2.90.